The maximum Gasteiger partial charge on any atom is 0.339 e. The molecular formula is C13H19NO2. The summed E-state index contributed by atoms with van der Waals surface area (Å²) < 4.78 is 5.03. The Morgan fingerprint density at radius 2 is 2.12 bits per heavy atom. The van der Waals surface area contributed by atoms with E-state index in [9.17, 15) is 4.79 Å². The number of aromatic nitrogens is 1. The highest BCUT2D eigenvalue weighted by molar-refractivity contribution is 5.91. The zero-order valence-electron chi connectivity index (χ0n) is 10.4. The van der Waals surface area contributed by atoms with Gasteiger partial charge in [0.25, 0.3) is 0 Å². The third kappa shape index (κ3) is 3.05. The van der Waals surface area contributed by atoms with Crippen molar-refractivity contribution in [2.75, 3.05) is 6.61 Å². The third-order valence-corrected chi connectivity index (χ3v) is 2.38. The molecule has 0 saturated carbocycles. The highest BCUT2D eigenvalue weighted by Crippen LogP contribution is 2.18. The van der Waals surface area contributed by atoms with E-state index in [0.29, 0.717) is 18.1 Å². The second-order valence-corrected chi connectivity index (χ2v) is 4.30. The van der Waals surface area contributed by atoms with Crippen LogP contribution in [0.4, 0.5) is 0 Å². The average molecular weight is 221 g/mol. The van der Waals surface area contributed by atoms with E-state index < -0.39 is 0 Å². The first-order valence-corrected chi connectivity index (χ1v) is 5.66. The van der Waals surface area contributed by atoms with Crippen LogP contribution in [0.2, 0.25) is 0 Å². The average Bonchev–Trinajstić information content (AvgIpc) is 2.20. The number of carbonyl (C=O) groups excluding carboxylic acids is 1. The van der Waals surface area contributed by atoms with Crippen molar-refractivity contribution in [3.63, 3.8) is 0 Å². The molecule has 0 aliphatic rings. The lowest BCUT2D eigenvalue weighted by Gasteiger charge is -2.12. The molecule has 1 aromatic heterocycles. The van der Waals surface area contributed by atoms with Crippen molar-refractivity contribution >= 4 is 5.97 Å². The molecule has 0 bridgehead atoms. The molecule has 0 unspecified atom stereocenters. The number of carbonyl (C=O) groups is 1. The van der Waals surface area contributed by atoms with Crippen molar-refractivity contribution in [2.24, 2.45) is 5.92 Å². The number of aryl methyl sites for hydroxylation is 1. The zero-order chi connectivity index (χ0) is 12.1. The van der Waals surface area contributed by atoms with Gasteiger partial charge in [-0.05, 0) is 37.3 Å². The van der Waals surface area contributed by atoms with E-state index in [1.54, 1.807) is 12.4 Å². The van der Waals surface area contributed by atoms with Crippen molar-refractivity contribution < 1.29 is 9.53 Å². The monoisotopic (exact) mass is 221 g/mol. The van der Waals surface area contributed by atoms with Crippen LogP contribution in [0.15, 0.2) is 12.4 Å². The summed E-state index contributed by atoms with van der Waals surface area (Å²) >= 11 is 0. The molecule has 0 aromatic carbocycles. The van der Waals surface area contributed by atoms with Gasteiger partial charge in [0.2, 0.25) is 0 Å². The Kier molecular flexibility index (Phi) is 4.47. The summed E-state index contributed by atoms with van der Waals surface area (Å²) in [6, 6.07) is 0. The molecule has 0 amide bonds. The highest BCUT2D eigenvalue weighted by atomic mass is 16.5. The van der Waals surface area contributed by atoms with Crippen molar-refractivity contribution in [1.82, 2.24) is 4.98 Å². The summed E-state index contributed by atoms with van der Waals surface area (Å²) in [6.45, 7) is 8.45. The van der Waals surface area contributed by atoms with Crippen LogP contribution in [0.5, 0.6) is 0 Å². The van der Waals surface area contributed by atoms with Gasteiger partial charge in [-0.2, -0.15) is 0 Å². The van der Waals surface area contributed by atoms with Crippen LogP contribution in [-0.4, -0.2) is 17.6 Å². The van der Waals surface area contributed by atoms with Gasteiger partial charge in [0.1, 0.15) is 0 Å². The molecule has 0 atom stereocenters. The largest absolute Gasteiger partial charge is 0.462 e. The number of ether oxygens (including phenoxy) is 1. The van der Waals surface area contributed by atoms with E-state index in [1.165, 1.54) is 0 Å². The molecule has 0 aliphatic carbocycles. The minimum atomic E-state index is -0.269. The minimum absolute atomic E-state index is 0.269. The molecule has 16 heavy (non-hydrogen) atoms. The molecule has 0 aliphatic heterocycles. The van der Waals surface area contributed by atoms with Gasteiger partial charge in [-0.25, -0.2) is 4.79 Å². The second-order valence-electron chi connectivity index (χ2n) is 4.30. The third-order valence-electron chi connectivity index (χ3n) is 2.38. The molecule has 3 heteroatoms. The summed E-state index contributed by atoms with van der Waals surface area (Å²) in [7, 11) is 0. The Bertz CT molecular complexity index is 372. The maximum atomic E-state index is 11.7. The molecule has 1 aromatic rings. The van der Waals surface area contributed by atoms with Crippen molar-refractivity contribution in [3.05, 3.63) is 29.1 Å². The first kappa shape index (κ1) is 12.7. The van der Waals surface area contributed by atoms with E-state index in [-0.39, 0.29) is 5.97 Å². The zero-order valence-corrected chi connectivity index (χ0v) is 10.4. The van der Waals surface area contributed by atoms with Crippen LogP contribution in [0.1, 0.15) is 42.3 Å². The fourth-order valence-electron chi connectivity index (χ4n) is 1.66. The molecule has 0 saturated heterocycles. The topological polar surface area (TPSA) is 39.2 Å². The van der Waals surface area contributed by atoms with Gasteiger partial charge in [0.15, 0.2) is 0 Å². The van der Waals surface area contributed by atoms with Crippen LogP contribution in [-0.2, 0) is 11.2 Å². The van der Waals surface area contributed by atoms with Crippen molar-refractivity contribution in [3.8, 4) is 0 Å². The van der Waals surface area contributed by atoms with Crippen LogP contribution in [0.25, 0.3) is 0 Å². The van der Waals surface area contributed by atoms with E-state index >= 15 is 0 Å². The fourth-order valence-corrected chi connectivity index (χ4v) is 1.66. The molecular weight excluding hydrogens is 202 g/mol. The Labute approximate surface area is 96.8 Å². The van der Waals surface area contributed by atoms with Gasteiger partial charge in [-0.15, -0.1) is 0 Å². The summed E-state index contributed by atoms with van der Waals surface area (Å²) in [5.41, 5.74) is 2.72. The minimum Gasteiger partial charge on any atom is -0.462 e. The lowest BCUT2D eigenvalue weighted by atomic mass is 9.96. The van der Waals surface area contributed by atoms with Gasteiger partial charge in [0, 0.05) is 12.4 Å². The smallest absolute Gasteiger partial charge is 0.339 e. The predicted molar refractivity (Wildman–Crippen MR) is 63.5 cm³/mol. The summed E-state index contributed by atoms with van der Waals surface area (Å²) in [5, 5.41) is 0. The molecule has 0 spiro atoms. The Hall–Kier alpha value is -1.38. The first-order valence-electron chi connectivity index (χ1n) is 5.66. The maximum absolute atomic E-state index is 11.7. The van der Waals surface area contributed by atoms with E-state index in [1.807, 2.05) is 13.8 Å². The number of hydrogen-bond donors (Lipinski definition) is 0. The van der Waals surface area contributed by atoms with Gasteiger partial charge in [0.05, 0.1) is 12.2 Å². The Morgan fingerprint density at radius 1 is 1.44 bits per heavy atom. The number of hydrogen-bond acceptors (Lipinski definition) is 3. The molecule has 0 fully saturated rings. The number of pyridine rings is 1. The lowest BCUT2D eigenvalue weighted by Crippen LogP contribution is -2.11. The molecule has 3 nitrogen and oxygen atoms in total. The lowest BCUT2D eigenvalue weighted by molar-refractivity contribution is 0.0524. The van der Waals surface area contributed by atoms with Crippen LogP contribution >= 0.6 is 0 Å². The molecule has 0 N–H and O–H groups in total. The number of nitrogens with zero attached hydrogens (tertiary/aromatic N) is 1. The normalized spacial score (nSPS) is 10.6. The Balaban J connectivity index is 3.07. The molecule has 1 heterocycles. The summed E-state index contributed by atoms with van der Waals surface area (Å²) in [5.74, 6) is 0.239. The number of rotatable bonds is 4. The van der Waals surface area contributed by atoms with Crippen molar-refractivity contribution in [1.29, 1.82) is 0 Å². The van der Waals surface area contributed by atoms with Gasteiger partial charge in [-0.3, -0.25) is 4.98 Å². The van der Waals surface area contributed by atoms with E-state index in [4.69, 9.17) is 4.74 Å². The van der Waals surface area contributed by atoms with Crippen LogP contribution in [0.3, 0.4) is 0 Å². The molecule has 0 radical (unpaired) electrons. The second kappa shape index (κ2) is 5.64. The van der Waals surface area contributed by atoms with Gasteiger partial charge in [-0.1, -0.05) is 13.8 Å². The molecule has 88 valence electrons. The fraction of sp³-hybridized carbons (Fsp3) is 0.538. The first-order chi connectivity index (χ1) is 7.56. The highest BCUT2D eigenvalue weighted by Gasteiger charge is 2.15. The van der Waals surface area contributed by atoms with E-state index in [2.05, 4.69) is 18.8 Å². The standard InChI is InChI=1S/C13H19NO2/c1-5-16-13(15)12-8-14-7-10(4)11(12)6-9(2)3/h7-9H,5-6H2,1-4H3. The predicted octanol–water partition coefficient (Wildman–Crippen LogP) is 2.77. The van der Waals surface area contributed by atoms with Crippen molar-refractivity contribution in [2.45, 2.75) is 34.1 Å². The van der Waals surface area contributed by atoms with Gasteiger partial charge >= 0.3 is 5.97 Å². The Morgan fingerprint density at radius 3 is 2.69 bits per heavy atom. The quantitative estimate of drug-likeness (QED) is 0.734. The SMILES string of the molecule is CCOC(=O)c1cncc(C)c1CC(C)C. The van der Waals surface area contributed by atoms with Crippen LogP contribution < -0.4 is 0 Å². The van der Waals surface area contributed by atoms with Crippen LogP contribution in [0, 0.1) is 12.8 Å². The van der Waals surface area contributed by atoms with E-state index in [0.717, 1.165) is 17.5 Å². The number of esters is 1. The summed E-state index contributed by atoms with van der Waals surface area (Å²) in [6.07, 6.45) is 4.27. The summed E-state index contributed by atoms with van der Waals surface area (Å²) in [4.78, 5) is 15.8. The van der Waals surface area contributed by atoms with Gasteiger partial charge < -0.3 is 4.74 Å². The molecule has 1 rings (SSSR count).